The van der Waals surface area contributed by atoms with Gasteiger partial charge in [-0.25, -0.2) is 4.39 Å². The fourth-order valence-electron chi connectivity index (χ4n) is 1.90. The van der Waals surface area contributed by atoms with Gasteiger partial charge >= 0.3 is 0 Å². The Kier molecular flexibility index (Phi) is 4.18. The van der Waals surface area contributed by atoms with Crippen molar-refractivity contribution in [1.29, 1.82) is 0 Å². The predicted molar refractivity (Wildman–Crippen MR) is 76.9 cm³/mol. The zero-order valence-corrected chi connectivity index (χ0v) is 11.7. The summed E-state index contributed by atoms with van der Waals surface area (Å²) in [6.07, 6.45) is 0. The third-order valence-corrected chi connectivity index (χ3v) is 3.06. The molecule has 2 aromatic carbocycles. The molecule has 21 heavy (non-hydrogen) atoms. The minimum Gasteiger partial charge on any atom is -0.456 e. The molecule has 0 saturated carbocycles. The lowest BCUT2D eigenvalue weighted by Crippen LogP contribution is -2.07. The van der Waals surface area contributed by atoms with Crippen LogP contribution in [0.3, 0.4) is 0 Å². The first-order valence-electron chi connectivity index (χ1n) is 6.36. The van der Waals surface area contributed by atoms with Crippen molar-refractivity contribution in [2.75, 3.05) is 0 Å². The lowest BCUT2D eigenvalue weighted by atomic mass is 10.1. The standard InChI is InChI=1S/C15H15FN2O3/c1-9-3-5-12(18(19)20)8-15(9)21-14-6-4-11(16)7-13(14)10(2)17/h3-8,10H,17H2,1-2H3. The number of benzene rings is 2. The molecule has 2 rings (SSSR count). The van der Waals surface area contributed by atoms with Gasteiger partial charge in [-0.2, -0.15) is 0 Å². The number of nitro groups is 1. The first kappa shape index (κ1) is 14.9. The second-order valence-corrected chi connectivity index (χ2v) is 4.78. The Morgan fingerprint density at radius 1 is 1.24 bits per heavy atom. The van der Waals surface area contributed by atoms with Crippen molar-refractivity contribution in [3.05, 3.63) is 63.5 Å². The van der Waals surface area contributed by atoms with Crippen LogP contribution in [-0.4, -0.2) is 4.92 Å². The highest BCUT2D eigenvalue weighted by Crippen LogP contribution is 2.33. The summed E-state index contributed by atoms with van der Waals surface area (Å²) in [4.78, 5) is 10.3. The summed E-state index contributed by atoms with van der Waals surface area (Å²) in [5.41, 5.74) is 6.97. The van der Waals surface area contributed by atoms with E-state index >= 15 is 0 Å². The molecule has 0 saturated heterocycles. The molecule has 0 aliphatic carbocycles. The number of nitrogens with two attached hydrogens (primary N) is 1. The van der Waals surface area contributed by atoms with Gasteiger partial charge in [-0.05, 0) is 43.7 Å². The zero-order valence-electron chi connectivity index (χ0n) is 11.7. The van der Waals surface area contributed by atoms with Gasteiger partial charge in [-0.15, -0.1) is 0 Å². The molecule has 0 heterocycles. The third kappa shape index (κ3) is 3.35. The largest absolute Gasteiger partial charge is 0.456 e. The van der Waals surface area contributed by atoms with Gasteiger partial charge in [-0.3, -0.25) is 10.1 Å². The Morgan fingerprint density at radius 2 is 1.95 bits per heavy atom. The molecule has 0 aliphatic rings. The van der Waals surface area contributed by atoms with Crippen LogP contribution in [0.15, 0.2) is 36.4 Å². The quantitative estimate of drug-likeness (QED) is 0.685. The van der Waals surface area contributed by atoms with Crippen LogP contribution in [0.4, 0.5) is 10.1 Å². The van der Waals surface area contributed by atoms with Gasteiger partial charge in [0.15, 0.2) is 0 Å². The molecule has 110 valence electrons. The van der Waals surface area contributed by atoms with Crippen LogP contribution in [0.5, 0.6) is 11.5 Å². The number of nitro benzene ring substituents is 1. The smallest absolute Gasteiger partial charge is 0.273 e. The summed E-state index contributed by atoms with van der Waals surface area (Å²) >= 11 is 0. The maximum absolute atomic E-state index is 13.3. The molecule has 6 heteroatoms. The van der Waals surface area contributed by atoms with E-state index in [1.54, 1.807) is 19.9 Å². The van der Waals surface area contributed by atoms with Gasteiger partial charge < -0.3 is 10.5 Å². The summed E-state index contributed by atoms with van der Waals surface area (Å²) in [5.74, 6) is 0.318. The van der Waals surface area contributed by atoms with Crippen LogP contribution >= 0.6 is 0 Å². The van der Waals surface area contributed by atoms with Crippen molar-refractivity contribution in [1.82, 2.24) is 0 Å². The molecule has 0 aromatic heterocycles. The average Bonchev–Trinajstić information content (AvgIpc) is 2.42. The molecule has 0 spiro atoms. The van der Waals surface area contributed by atoms with E-state index in [0.717, 1.165) is 5.56 Å². The Balaban J connectivity index is 2.43. The summed E-state index contributed by atoms with van der Waals surface area (Å²) < 4.78 is 19.0. The van der Waals surface area contributed by atoms with E-state index in [1.165, 1.54) is 30.3 Å². The first-order valence-corrected chi connectivity index (χ1v) is 6.36. The van der Waals surface area contributed by atoms with Gasteiger partial charge in [-0.1, -0.05) is 0 Å². The highest BCUT2D eigenvalue weighted by atomic mass is 19.1. The van der Waals surface area contributed by atoms with E-state index in [0.29, 0.717) is 17.1 Å². The number of hydrogen-bond acceptors (Lipinski definition) is 4. The fourth-order valence-corrected chi connectivity index (χ4v) is 1.90. The Hall–Kier alpha value is -2.47. The van der Waals surface area contributed by atoms with E-state index in [2.05, 4.69) is 0 Å². The molecule has 5 nitrogen and oxygen atoms in total. The van der Waals surface area contributed by atoms with Gasteiger partial charge in [0.2, 0.25) is 0 Å². The van der Waals surface area contributed by atoms with Crippen molar-refractivity contribution >= 4 is 5.69 Å². The van der Waals surface area contributed by atoms with E-state index in [-0.39, 0.29) is 5.69 Å². The van der Waals surface area contributed by atoms with Crippen molar-refractivity contribution in [3.8, 4) is 11.5 Å². The molecule has 2 N–H and O–H groups in total. The van der Waals surface area contributed by atoms with Crippen molar-refractivity contribution in [2.24, 2.45) is 5.73 Å². The van der Waals surface area contributed by atoms with Gasteiger partial charge in [0.05, 0.1) is 11.0 Å². The van der Waals surface area contributed by atoms with Crippen molar-refractivity contribution < 1.29 is 14.1 Å². The number of hydrogen-bond donors (Lipinski definition) is 1. The summed E-state index contributed by atoms with van der Waals surface area (Å²) in [5, 5.41) is 10.8. The Labute approximate surface area is 121 Å². The van der Waals surface area contributed by atoms with Crippen molar-refractivity contribution in [2.45, 2.75) is 19.9 Å². The van der Waals surface area contributed by atoms with Crippen LogP contribution < -0.4 is 10.5 Å². The average molecular weight is 290 g/mol. The molecule has 0 amide bonds. The van der Waals surface area contributed by atoms with Crippen LogP contribution in [-0.2, 0) is 0 Å². The predicted octanol–water partition coefficient (Wildman–Crippen LogP) is 3.85. The summed E-state index contributed by atoms with van der Waals surface area (Å²) in [7, 11) is 0. The van der Waals surface area contributed by atoms with E-state index in [1.807, 2.05) is 0 Å². The maximum atomic E-state index is 13.3. The first-order chi connectivity index (χ1) is 9.88. The monoisotopic (exact) mass is 290 g/mol. The van der Waals surface area contributed by atoms with E-state index in [9.17, 15) is 14.5 Å². The minimum absolute atomic E-state index is 0.0694. The zero-order chi connectivity index (χ0) is 15.6. The van der Waals surface area contributed by atoms with Gasteiger partial charge in [0.1, 0.15) is 17.3 Å². The minimum atomic E-state index is -0.497. The van der Waals surface area contributed by atoms with Crippen LogP contribution in [0.1, 0.15) is 24.1 Å². The molecule has 0 fully saturated rings. The molecule has 0 aliphatic heterocycles. The van der Waals surface area contributed by atoms with Gasteiger partial charge in [0.25, 0.3) is 5.69 Å². The Morgan fingerprint density at radius 3 is 2.57 bits per heavy atom. The lowest BCUT2D eigenvalue weighted by Gasteiger charge is -2.15. The van der Waals surface area contributed by atoms with E-state index in [4.69, 9.17) is 10.5 Å². The van der Waals surface area contributed by atoms with Crippen LogP contribution in [0.2, 0.25) is 0 Å². The van der Waals surface area contributed by atoms with Crippen molar-refractivity contribution in [3.63, 3.8) is 0 Å². The van der Waals surface area contributed by atoms with Crippen LogP contribution in [0, 0.1) is 22.9 Å². The second kappa shape index (κ2) is 5.88. The highest BCUT2D eigenvalue weighted by molar-refractivity contribution is 5.47. The molecule has 0 radical (unpaired) electrons. The second-order valence-electron chi connectivity index (χ2n) is 4.78. The number of halogens is 1. The summed E-state index contributed by atoms with van der Waals surface area (Å²) in [6.45, 7) is 3.48. The molecule has 0 bridgehead atoms. The van der Waals surface area contributed by atoms with Crippen LogP contribution in [0.25, 0.3) is 0 Å². The SMILES string of the molecule is Cc1ccc([N+](=O)[O-])cc1Oc1ccc(F)cc1C(C)N. The topological polar surface area (TPSA) is 78.4 Å². The summed E-state index contributed by atoms with van der Waals surface area (Å²) in [6, 6.07) is 7.94. The number of non-ortho nitro benzene ring substituents is 1. The number of rotatable bonds is 4. The fraction of sp³-hybridized carbons (Fsp3) is 0.200. The van der Waals surface area contributed by atoms with E-state index < -0.39 is 16.8 Å². The molecular formula is C15H15FN2O3. The molecule has 2 aromatic rings. The highest BCUT2D eigenvalue weighted by Gasteiger charge is 2.14. The molecular weight excluding hydrogens is 275 g/mol. The normalized spacial score (nSPS) is 12.0. The van der Waals surface area contributed by atoms with Gasteiger partial charge in [0, 0.05) is 17.7 Å². The number of nitrogens with zero attached hydrogens (tertiary/aromatic N) is 1. The maximum Gasteiger partial charge on any atom is 0.273 e. The lowest BCUT2D eigenvalue weighted by molar-refractivity contribution is -0.384. The third-order valence-electron chi connectivity index (χ3n) is 3.06. The molecule has 1 atom stereocenters. The molecule has 1 unspecified atom stereocenters. The Bertz CT molecular complexity index is 687. The number of ether oxygens (including phenoxy) is 1. The number of aryl methyl sites for hydroxylation is 1.